The maximum absolute atomic E-state index is 10.9. The number of hydrogen-bond donors (Lipinski definition) is 2. The Morgan fingerprint density at radius 2 is 2.00 bits per heavy atom. The molecule has 3 N–H and O–H groups in total. The van der Waals surface area contributed by atoms with E-state index in [4.69, 9.17) is 10.8 Å². The minimum Gasteiger partial charge on any atom is -0.481 e. The molecular weight excluding hydrogens is 190 g/mol. The van der Waals surface area contributed by atoms with Crippen LogP contribution in [0.25, 0.3) is 0 Å². The fourth-order valence-electron chi connectivity index (χ4n) is 2.68. The molecule has 0 aromatic rings. The third kappa shape index (κ3) is 3.20. The smallest absolute Gasteiger partial charge is 0.306 e. The Morgan fingerprint density at radius 3 is 2.40 bits per heavy atom. The maximum Gasteiger partial charge on any atom is 0.306 e. The molecule has 1 rings (SSSR count). The average Bonchev–Trinajstić information content (AvgIpc) is 2.56. The molecule has 0 heterocycles. The van der Waals surface area contributed by atoms with Gasteiger partial charge in [-0.2, -0.15) is 0 Å². The van der Waals surface area contributed by atoms with Crippen LogP contribution in [-0.2, 0) is 4.79 Å². The number of nitrogens with two attached hydrogens (primary N) is 1. The van der Waals surface area contributed by atoms with E-state index in [0.29, 0.717) is 18.3 Å². The van der Waals surface area contributed by atoms with E-state index >= 15 is 0 Å². The van der Waals surface area contributed by atoms with E-state index in [1.54, 1.807) is 0 Å². The van der Waals surface area contributed by atoms with Crippen LogP contribution in [0.4, 0.5) is 0 Å². The van der Waals surface area contributed by atoms with Crippen LogP contribution in [0.1, 0.15) is 46.0 Å². The Bertz CT molecular complexity index is 214. The number of aliphatic carboxylic acids is 1. The Balaban J connectivity index is 2.46. The summed E-state index contributed by atoms with van der Waals surface area (Å²) >= 11 is 0. The van der Waals surface area contributed by atoms with Crippen LogP contribution in [0.3, 0.4) is 0 Å². The molecule has 0 radical (unpaired) electrons. The predicted octanol–water partition coefficient (Wildman–Crippen LogP) is 2.25. The van der Waals surface area contributed by atoms with Crippen molar-refractivity contribution in [3.05, 3.63) is 0 Å². The SMILES string of the molecule is CCC(CC)CC1CC(C(=O)O)CC1N. The van der Waals surface area contributed by atoms with Gasteiger partial charge in [0.25, 0.3) is 0 Å². The zero-order chi connectivity index (χ0) is 11.4. The van der Waals surface area contributed by atoms with Crippen LogP contribution in [-0.4, -0.2) is 17.1 Å². The molecule has 0 aromatic carbocycles. The lowest BCUT2D eigenvalue weighted by molar-refractivity contribution is -0.141. The van der Waals surface area contributed by atoms with Crippen molar-refractivity contribution in [1.82, 2.24) is 0 Å². The molecule has 0 aliphatic heterocycles. The summed E-state index contributed by atoms with van der Waals surface area (Å²) in [5.74, 6) is 0.279. The molecule has 1 aliphatic carbocycles. The lowest BCUT2D eigenvalue weighted by Crippen LogP contribution is -2.26. The molecular formula is C12H23NO2. The van der Waals surface area contributed by atoms with Crippen molar-refractivity contribution < 1.29 is 9.90 Å². The van der Waals surface area contributed by atoms with Crippen molar-refractivity contribution in [2.45, 2.75) is 52.0 Å². The second-order valence-electron chi connectivity index (χ2n) is 4.85. The van der Waals surface area contributed by atoms with E-state index in [1.807, 2.05) is 0 Å². The van der Waals surface area contributed by atoms with E-state index in [1.165, 1.54) is 12.8 Å². The summed E-state index contributed by atoms with van der Waals surface area (Å²) in [5.41, 5.74) is 6.00. The Kier molecular flexibility index (Phi) is 4.58. The van der Waals surface area contributed by atoms with E-state index in [-0.39, 0.29) is 12.0 Å². The molecule has 0 bridgehead atoms. The van der Waals surface area contributed by atoms with E-state index in [9.17, 15) is 4.79 Å². The molecule has 0 spiro atoms. The largest absolute Gasteiger partial charge is 0.481 e. The number of rotatable bonds is 5. The van der Waals surface area contributed by atoms with E-state index in [0.717, 1.165) is 12.8 Å². The molecule has 15 heavy (non-hydrogen) atoms. The first kappa shape index (κ1) is 12.5. The van der Waals surface area contributed by atoms with Crippen molar-refractivity contribution in [3.63, 3.8) is 0 Å². The molecule has 0 aromatic heterocycles. The van der Waals surface area contributed by atoms with Gasteiger partial charge in [-0.25, -0.2) is 0 Å². The van der Waals surface area contributed by atoms with Crippen molar-refractivity contribution >= 4 is 5.97 Å². The molecule has 88 valence electrons. The summed E-state index contributed by atoms with van der Waals surface area (Å²) < 4.78 is 0. The maximum atomic E-state index is 10.9. The highest BCUT2D eigenvalue weighted by Gasteiger charge is 2.36. The van der Waals surface area contributed by atoms with Crippen molar-refractivity contribution in [1.29, 1.82) is 0 Å². The van der Waals surface area contributed by atoms with Crippen molar-refractivity contribution in [2.24, 2.45) is 23.5 Å². The average molecular weight is 213 g/mol. The van der Waals surface area contributed by atoms with Crippen LogP contribution >= 0.6 is 0 Å². The van der Waals surface area contributed by atoms with Gasteiger partial charge in [0, 0.05) is 6.04 Å². The summed E-state index contributed by atoms with van der Waals surface area (Å²) in [4.78, 5) is 10.9. The third-order valence-electron chi connectivity index (χ3n) is 3.89. The fraction of sp³-hybridized carbons (Fsp3) is 0.917. The normalized spacial score (nSPS) is 31.1. The minimum absolute atomic E-state index is 0.103. The van der Waals surface area contributed by atoms with Gasteiger partial charge >= 0.3 is 5.97 Å². The topological polar surface area (TPSA) is 63.3 Å². The highest BCUT2D eigenvalue weighted by molar-refractivity contribution is 5.70. The summed E-state index contributed by atoms with van der Waals surface area (Å²) in [6.07, 6.45) is 4.92. The Labute approximate surface area is 92.0 Å². The van der Waals surface area contributed by atoms with Crippen molar-refractivity contribution in [3.8, 4) is 0 Å². The second kappa shape index (κ2) is 5.50. The lowest BCUT2D eigenvalue weighted by Gasteiger charge is -2.20. The van der Waals surface area contributed by atoms with Gasteiger partial charge in [0.15, 0.2) is 0 Å². The first-order valence-corrected chi connectivity index (χ1v) is 6.06. The Morgan fingerprint density at radius 1 is 1.40 bits per heavy atom. The number of carboxylic acids is 1. The molecule has 0 saturated heterocycles. The monoisotopic (exact) mass is 213 g/mol. The Hall–Kier alpha value is -0.570. The first-order valence-electron chi connectivity index (χ1n) is 6.06. The number of hydrogen-bond acceptors (Lipinski definition) is 2. The van der Waals surface area contributed by atoms with Gasteiger partial charge in [0.1, 0.15) is 0 Å². The van der Waals surface area contributed by atoms with Crippen LogP contribution in [0.15, 0.2) is 0 Å². The van der Waals surface area contributed by atoms with Crippen LogP contribution < -0.4 is 5.73 Å². The van der Waals surface area contributed by atoms with Crippen LogP contribution in [0.2, 0.25) is 0 Å². The minimum atomic E-state index is -0.669. The van der Waals surface area contributed by atoms with Gasteiger partial charge in [-0.05, 0) is 31.1 Å². The summed E-state index contributed by atoms with van der Waals surface area (Å²) in [7, 11) is 0. The molecule has 3 heteroatoms. The molecule has 1 saturated carbocycles. The molecule has 1 fully saturated rings. The van der Waals surface area contributed by atoms with Crippen LogP contribution in [0.5, 0.6) is 0 Å². The van der Waals surface area contributed by atoms with Gasteiger partial charge in [0.05, 0.1) is 5.92 Å². The third-order valence-corrected chi connectivity index (χ3v) is 3.89. The van der Waals surface area contributed by atoms with Crippen molar-refractivity contribution in [2.75, 3.05) is 0 Å². The van der Waals surface area contributed by atoms with Gasteiger partial charge in [-0.3, -0.25) is 4.79 Å². The molecule has 1 aliphatic rings. The zero-order valence-corrected chi connectivity index (χ0v) is 9.78. The van der Waals surface area contributed by atoms with Gasteiger partial charge < -0.3 is 10.8 Å². The fourth-order valence-corrected chi connectivity index (χ4v) is 2.68. The highest BCUT2D eigenvalue weighted by atomic mass is 16.4. The number of carbonyl (C=O) groups is 1. The summed E-state index contributed by atoms with van der Waals surface area (Å²) in [6.45, 7) is 4.40. The van der Waals surface area contributed by atoms with Crippen LogP contribution in [0, 0.1) is 17.8 Å². The van der Waals surface area contributed by atoms with Gasteiger partial charge in [0.2, 0.25) is 0 Å². The van der Waals surface area contributed by atoms with E-state index in [2.05, 4.69) is 13.8 Å². The van der Waals surface area contributed by atoms with E-state index < -0.39 is 5.97 Å². The molecule has 3 nitrogen and oxygen atoms in total. The quantitative estimate of drug-likeness (QED) is 0.736. The first-order chi connectivity index (χ1) is 7.08. The summed E-state index contributed by atoms with van der Waals surface area (Å²) in [5, 5.41) is 8.94. The number of carboxylic acid groups (broad SMARTS) is 1. The molecule has 3 unspecified atom stereocenters. The predicted molar refractivity (Wildman–Crippen MR) is 60.5 cm³/mol. The standard InChI is InChI=1S/C12H23NO2/c1-3-8(4-2)5-9-6-10(12(14)15)7-11(9)13/h8-11H,3-7,13H2,1-2H3,(H,14,15). The lowest BCUT2D eigenvalue weighted by atomic mass is 9.87. The molecule has 0 amide bonds. The zero-order valence-electron chi connectivity index (χ0n) is 9.78. The molecule has 3 atom stereocenters. The van der Waals surface area contributed by atoms with Gasteiger partial charge in [-0.1, -0.05) is 26.7 Å². The summed E-state index contributed by atoms with van der Waals surface area (Å²) in [6, 6.07) is 0.103. The second-order valence-corrected chi connectivity index (χ2v) is 4.85. The van der Waals surface area contributed by atoms with Gasteiger partial charge in [-0.15, -0.1) is 0 Å². The highest BCUT2D eigenvalue weighted by Crippen LogP contribution is 2.35.